The van der Waals surface area contributed by atoms with E-state index in [9.17, 15) is 4.79 Å². The second kappa shape index (κ2) is 4.14. The molecule has 0 fully saturated rings. The maximum absolute atomic E-state index is 11.6. The molecule has 0 radical (unpaired) electrons. The zero-order valence-corrected chi connectivity index (χ0v) is 8.76. The fourth-order valence-electron chi connectivity index (χ4n) is 2.18. The molecule has 0 heterocycles. The number of carbonyl (C=O) groups is 1. The number of hydrogen-bond donors (Lipinski definition) is 0. The summed E-state index contributed by atoms with van der Waals surface area (Å²) < 4.78 is 0. The molecular weight excluding hydrogens is 196 g/mol. The van der Waals surface area contributed by atoms with Crippen molar-refractivity contribution >= 4 is 17.4 Å². The molecule has 1 unspecified atom stereocenters. The molecule has 1 atom stereocenters. The lowest BCUT2D eigenvalue weighted by Crippen LogP contribution is -2.19. The van der Waals surface area contributed by atoms with Crippen LogP contribution in [0.5, 0.6) is 0 Å². The number of hydrogen-bond acceptors (Lipinski definition) is 1. The first-order chi connectivity index (χ1) is 6.83. The zero-order valence-electron chi connectivity index (χ0n) is 8.00. The van der Waals surface area contributed by atoms with Crippen LogP contribution >= 0.6 is 11.6 Å². The summed E-state index contributed by atoms with van der Waals surface area (Å²) in [6, 6.07) is 8.21. The van der Waals surface area contributed by atoms with Crippen LogP contribution in [0, 0.1) is 0 Å². The predicted molar refractivity (Wildman–Crippen MR) is 57.8 cm³/mol. The van der Waals surface area contributed by atoms with Gasteiger partial charge in [0.2, 0.25) is 0 Å². The molecule has 1 nitrogen and oxygen atoms in total. The van der Waals surface area contributed by atoms with Gasteiger partial charge < -0.3 is 0 Å². The van der Waals surface area contributed by atoms with Crippen LogP contribution in [0.4, 0.5) is 0 Å². The number of benzene rings is 1. The van der Waals surface area contributed by atoms with Gasteiger partial charge in [0.15, 0.2) is 5.78 Å². The van der Waals surface area contributed by atoms with Crippen molar-refractivity contribution in [2.24, 2.45) is 0 Å². The van der Waals surface area contributed by atoms with Crippen LogP contribution in [0.15, 0.2) is 24.3 Å². The highest BCUT2D eigenvalue weighted by Crippen LogP contribution is 2.32. The van der Waals surface area contributed by atoms with Crippen LogP contribution in [0.2, 0.25) is 0 Å². The molecule has 1 aromatic rings. The molecule has 0 saturated carbocycles. The molecule has 14 heavy (non-hydrogen) atoms. The third-order valence-corrected chi connectivity index (χ3v) is 3.15. The van der Waals surface area contributed by atoms with Crippen LogP contribution in [-0.2, 0) is 11.2 Å². The second-order valence-corrected chi connectivity index (χ2v) is 4.01. The third kappa shape index (κ3) is 1.69. The number of rotatable bonds is 2. The van der Waals surface area contributed by atoms with Crippen LogP contribution < -0.4 is 0 Å². The molecule has 1 aliphatic rings. The fraction of sp³-hybridized carbons (Fsp3) is 0.417. The van der Waals surface area contributed by atoms with E-state index in [-0.39, 0.29) is 17.6 Å². The van der Waals surface area contributed by atoms with Crippen molar-refractivity contribution in [1.29, 1.82) is 0 Å². The van der Waals surface area contributed by atoms with Crippen molar-refractivity contribution in [3.63, 3.8) is 0 Å². The van der Waals surface area contributed by atoms with Gasteiger partial charge in [-0.15, -0.1) is 11.6 Å². The maximum atomic E-state index is 11.6. The largest absolute Gasteiger partial charge is 0.298 e. The Morgan fingerprint density at radius 2 is 2.21 bits per heavy atom. The lowest BCUT2D eigenvalue weighted by molar-refractivity contribution is -0.118. The van der Waals surface area contributed by atoms with Gasteiger partial charge in [-0.3, -0.25) is 4.79 Å². The molecule has 2 heteroatoms. The summed E-state index contributed by atoms with van der Waals surface area (Å²) in [7, 11) is 0. The first kappa shape index (κ1) is 9.72. The Labute approximate surface area is 89.1 Å². The van der Waals surface area contributed by atoms with Gasteiger partial charge in [-0.25, -0.2) is 0 Å². The molecule has 1 aliphatic carbocycles. The lowest BCUT2D eigenvalue weighted by Gasteiger charge is -2.23. The van der Waals surface area contributed by atoms with Gasteiger partial charge in [-0.1, -0.05) is 24.3 Å². The number of ketones is 1. The standard InChI is InChI=1S/C12H13ClO/c13-8-12(14)11-7-3-5-9-4-1-2-6-10(9)11/h1-2,4,6,11H,3,5,7-8H2. The Hall–Kier alpha value is -0.820. The van der Waals surface area contributed by atoms with Crippen molar-refractivity contribution < 1.29 is 4.79 Å². The maximum Gasteiger partial charge on any atom is 0.155 e. The van der Waals surface area contributed by atoms with E-state index in [2.05, 4.69) is 12.1 Å². The van der Waals surface area contributed by atoms with Crippen molar-refractivity contribution in [3.05, 3.63) is 35.4 Å². The van der Waals surface area contributed by atoms with Gasteiger partial charge in [0.25, 0.3) is 0 Å². The lowest BCUT2D eigenvalue weighted by atomic mass is 9.81. The number of aryl methyl sites for hydroxylation is 1. The predicted octanol–water partition coefficient (Wildman–Crippen LogP) is 2.91. The van der Waals surface area contributed by atoms with E-state index >= 15 is 0 Å². The number of Topliss-reactive ketones (excluding diaryl/α,β-unsaturated/α-hetero) is 1. The SMILES string of the molecule is O=C(CCl)C1CCCc2ccccc21. The average molecular weight is 209 g/mol. The summed E-state index contributed by atoms with van der Waals surface area (Å²) in [5, 5.41) is 0. The molecule has 74 valence electrons. The van der Waals surface area contributed by atoms with Gasteiger partial charge >= 0.3 is 0 Å². The summed E-state index contributed by atoms with van der Waals surface area (Å²) in [6.07, 6.45) is 3.16. The summed E-state index contributed by atoms with van der Waals surface area (Å²) >= 11 is 5.60. The normalized spacial score (nSPS) is 20.2. The first-order valence-corrected chi connectivity index (χ1v) is 5.53. The van der Waals surface area contributed by atoms with Crippen molar-refractivity contribution in [2.75, 3.05) is 5.88 Å². The van der Waals surface area contributed by atoms with Crippen molar-refractivity contribution in [3.8, 4) is 0 Å². The topological polar surface area (TPSA) is 17.1 Å². The fourth-order valence-corrected chi connectivity index (χ4v) is 2.37. The Balaban J connectivity index is 2.35. The summed E-state index contributed by atoms with van der Waals surface area (Å²) in [5.41, 5.74) is 2.52. The molecule has 0 saturated heterocycles. The minimum atomic E-state index is 0.0532. The molecule has 0 spiro atoms. The van der Waals surface area contributed by atoms with Gasteiger partial charge in [-0.05, 0) is 30.4 Å². The molecular formula is C12H13ClO. The Morgan fingerprint density at radius 3 is 3.00 bits per heavy atom. The van der Waals surface area contributed by atoms with Crippen molar-refractivity contribution in [1.82, 2.24) is 0 Å². The van der Waals surface area contributed by atoms with Gasteiger partial charge in [0.05, 0.1) is 5.88 Å². The number of halogens is 1. The highest BCUT2D eigenvalue weighted by atomic mass is 35.5. The molecule has 0 amide bonds. The quantitative estimate of drug-likeness (QED) is 0.683. The number of fused-ring (bicyclic) bond motifs is 1. The molecule has 1 aromatic carbocycles. The van der Waals surface area contributed by atoms with Gasteiger partial charge in [-0.2, -0.15) is 0 Å². The summed E-state index contributed by atoms with van der Waals surface area (Å²) in [4.78, 5) is 11.6. The monoisotopic (exact) mass is 208 g/mol. The Morgan fingerprint density at radius 1 is 1.43 bits per heavy atom. The van der Waals surface area contributed by atoms with E-state index in [0.29, 0.717) is 0 Å². The van der Waals surface area contributed by atoms with E-state index in [0.717, 1.165) is 19.3 Å². The second-order valence-electron chi connectivity index (χ2n) is 3.74. The zero-order chi connectivity index (χ0) is 9.97. The van der Waals surface area contributed by atoms with Crippen LogP contribution in [0.25, 0.3) is 0 Å². The minimum absolute atomic E-state index is 0.0532. The van der Waals surface area contributed by atoms with Crippen molar-refractivity contribution in [2.45, 2.75) is 25.2 Å². The van der Waals surface area contributed by atoms with E-state index in [1.165, 1.54) is 11.1 Å². The highest BCUT2D eigenvalue weighted by molar-refractivity contribution is 6.28. The van der Waals surface area contributed by atoms with E-state index in [1.807, 2.05) is 12.1 Å². The first-order valence-electron chi connectivity index (χ1n) is 4.99. The van der Waals surface area contributed by atoms with E-state index in [4.69, 9.17) is 11.6 Å². The minimum Gasteiger partial charge on any atom is -0.298 e. The Bertz CT molecular complexity index is 346. The third-order valence-electron chi connectivity index (χ3n) is 2.89. The summed E-state index contributed by atoms with van der Waals surface area (Å²) in [6.45, 7) is 0. The molecule has 0 aromatic heterocycles. The number of carbonyl (C=O) groups excluding carboxylic acids is 1. The molecule has 0 N–H and O–H groups in total. The van der Waals surface area contributed by atoms with Crippen LogP contribution in [0.1, 0.15) is 29.9 Å². The van der Waals surface area contributed by atoms with Crippen LogP contribution in [-0.4, -0.2) is 11.7 Å². The highest BCUT2D eigenvalue weighted by Gasteiger charge is 2.24. The smallest absolute Gasteiger partial charge is 0.155 e. The number of alkyl halides is 1. The molecule has 0 aliphatic heterocycles. The van der Waals surface area contributed by atoms with Crippen LogP contribution in [0.3, 0.4) is 0 Å². The molecule has 0 bridgehead atoms. The summed E-state index contributed by atoms with van der Waals surface area (Å²) in [5.74, 6) is 0.357. The van der Waals surface area contributed by atoms with E-state index in [1.54, 1.807) is 0 Å². The Kier molecular flexibility index (Phi) is 2.87. The average Bonchev–Trinajstić information content (AvgIpc) is 2.27. The van der Waals surface area contributed by atoms with E-state index < -0.39 is 0 Å². The molecule has 2 rings (SSSR count). The van der Waals surface area contributed by atoms with Gasteiger partial charge in [0, 0.05) is 5.92 Å². The van der Waals surface area contributed by atoms with Gasteiger partial charge in [0.1, 0.15) is 0 Å².